The van der Waals surface area contributed by atoms with Crippen molar-refractivity contribution in [3.63, 3.8) is 0 Å². The molecule has 88 heavy (non-hydrogen) atoms. The number of benzene rings is 6. The van der Waals surface area contributed by atoms with Gasteiger partial charge in [-0.2, -0.15) is 10.5 Å². The summed E-state index contributed by atoms with van der Waals surface area (Å²) in [6.07, 6.45) is 4.13. The first-order chi connectivity index (χ1) is 41.5. The zero-order valence-electron chi connectivity index (χ0n) is 51.5. The number of imidazole rings is 2. The van der Waals surface area contributed by atoms with Crippen LogP contribution in [0.25, 0.3) is 43.9 Å². The Hall–Kier alpha value is -7.13. The molecule has 0 N–H and O–H groups in total. The van der Waals surface area contributed by atoms with Gasteiger partial charge in [0.05, 0.1) is 66.2 Å². The average Bonchev–Trinajstić information content (AvgIpc) is 1.59. The number of hydrogen-bond donors (Lipinski definition) is 0. The largest absolute Gasteiger partial charge is 0.361 e. The fourth-order valence-electron chi connectivity index (χ4n) is 10.6. The Balaban J connectivity index is 0.000000209. The van der Waals surface area contributed by atoms with E-state index in [1.54, 1.807) is 94.1 Å². The zero-order chi connectivity index (χ0) is 63.9. The number of carbonyl (C=O) groups excluding carboxylic acids is 2. The monoisotopic (exact) mass is 1380 g/mol. The molecule has 0 aliphatic heterocycles. The van der Waals surface area contributed by atoms with Crippen LogP contribution in [-0.4, -0.2) is 84.8 Å². The molecule has 0 radical (unpaired) electrons. The Labute approximate surface area is 533 Å². The van der Waals surface area contributed by atoms with E-state index in [9.17, 15) is 36.9 Å². The maximum atomic E-state index is 14.6. The highest BCUT2D eigenvalue weighted by Crippen LogP contribution is 2.40. The summed E-state index contributed by atoms with van der Waals surface area (Å²) >= 11 is 7.21. The van der Waals surface area contributed by atoms with E-state index in [4.69, 9.17) is 19.4 Å². The first-order valence-electron chi connectivity index (χ1n) is 28.9. The van der Waals surface area contributed by atoms with E-state index in [2.05, 4.69) is 83.3 Å². The van der Waals surface area contributed by atoms with Crippen LogP contribution in [0.1, 0.15) is 90.7 Å². The topological polar surface area (TPSA) is 214 Å². The van der Waals surface area contributed by atoms with Crippen LogP contribution in [0.3, 0.4) is 0 Å². The summed E-state index contributed by atoms with van der Waals surface area (Å²) < 4.78 is 74.7. The van der Waals surface area contributed by atoms with Crippen molar-refractivity contribution in [2.45, 2.75) is 129 Å². The first kappa shape index (κ1) is 65.3. The Kier molecular flexibility index (Phi) is 19.1. The van der Waals surface area contributed by atoms with Crippen LogP contribution < -0.4 is 0 Å². The third kappa shape index (κ3) is 13.1. The van der Waals surface area contributed by atoms with Gasteiger partial charge in [-0.05, 0) is 167 Å². The van der Waals surface area contributed by atoms with Crippen LogP contribution in [0, 0.1) is 50.4 Å². The lowest BCUT2D eigenvalue weighted by Crippen LogP contribution is -2.22. The predicted molar refractivity (Wildman–Crippen MR) is 359 cm³/mol. The molecule has 16 nitrogen and oxygen atoms in total. The number of ketones is 2. The molecule has 0 aliphatic rings. The Morgan fingerprint density at radius 1 is 0.545 bits per heavy atom. The molecule has 0 amide bonds. The smallest absolute Gasteiger partial charge is 0.268 e. The van der Waals surface area contributed by atoms with E-state index in [-0.39, 0.29) is 46.5 Å². The number of nitrogens with zero attached hydrogens (tertiary/aromatic N) is 8. The number of halogens is 2. The van der Waals surface area contributed by atoms with Crippen LogP contribution in [0.2, 0.25) is 51.4 Å². The molecule has 10 rings (SSSR count). The Morgan fingerprint density at radius 2 is 0.943 bits per heavy atom. The normalized spacial score (nSPS) is 12.2. The number of hydrogen-bond acceptors (Lipinski definition) is 12. The Morgan fingerprint density at radius 3 is 1.35 bits per heavy atom. The van der Waals surface area contributed by atoms with Crippen LogP contribution in [0.5, 0.6) is 0 Å². The van der Waals surface area contributed by atoms with Gasteiger partial charge in [-0.1, -0.05) is 101 Å². The van der Waals surface area contributed by atoms with E-state index in [0.29, 0.717) is 101 Å². The zero-order valence-corrected chi connectivity index (χ0v) is 58.3. The summed E-state index contributed by atoms with van der Waals surface area (Å²) in [7, 11) is -10.6. The summed E-state index contributed by atoms with van der Waals surface area (Å²) in [5, 5.41) is 20.1. The van der Waals surface area contributed by atoms with Crippen molar-refractivity contribution in [1.82, 2.24) is 27.0 Å². The van der Waals surface area contributed by atoms with Crippen molar-refractivity contribution in [2.75, 3.05) is 13.2 Å². The molecule has 0 saturated heterocycles. The Bertz CT molecular complexity index is 4550. The highest BCUT2D eigenvalue weighted by molar-refractivity contribution is 9.11. The van der Waals surface area contributed by atoms with Gasteiger partial charge in [0, 0.05) is 72.6 Å². The van der Waals surface area contributed by atoms with Gasteiger partial charge in [0.2, 0.25) is 11.6 Å². The number of rotatable bonds is 20. The van der Waals surface area contributed by atoms with Gasteiger partial charge < -0.3 is 9.47 Å². The van der Waals surface area contributed by atoms with E-state index in [1.807, 2.05) is 53.7 Å². The molecule has 22 heteroatoms. The first-order valence-corrected chi connectivity index (χ1v) is 40.8. The molecule has 456 valence electrons. The molecule has 0 unspecified atom stereocenters. The summed E-state index contributed by atoms with van der Waals surface area (Å²) in [4.78, 5) is 39.0. The molecule has 4 heterocycles. The highest BCUT2D eigenvalue weighted by atomic mass is 79.9. The quantitative estimate of drug-likeness (QED) is 0.0396. The van der Waals surface area contributed by atoms with Gasteiger partial charge in [0.1, 0.15) is 13.5 Å². The van der Waals surface area contributed by atoms with Crippen LogP contribution in [0.4, 0.5) is 0 Å². The van der Waals surface area contributed by atoms with E-state index >= 15 is 0 Å². The van der Waals surface area contributed by atoms with Crippen molar-refractivity contribution >= 4 is 123 Å². The average molecular weight is 1380 g/mol. The molecule has 0 aliphatic carbocycles. The number of ether oxygens (including phenoxy) is 2. The molecule has 0 fully saturated rings. The number of carbonyl (C=O) groups is 2. The minimum Gasteiger partial charge on any atom is -0.361 e. The lowest BCUT2D eigenvalue weighted by Gasteiger charge is -2.17. The molecule has 6 aromatic carbocycles. The number of nitriles is 2. The van der Waals surface area contributed by atoms with Crippen molar-refractivity contribution < 1.29 is 35.9 Å². The third-order valence-electron chi connectivity index (χ3n) is 15.5. The van der Waals surface area contributed by atoms with Gasteiger partial charge in [-0.15, -0.1) is 0 Å². The summed E-state index contributed by atoms with van der Waals surface area (Å²) in [5.41, 5.74) is 9.84. The summed E-state index contributed by atoms with van der Waals surface area (Å²) in [6, 6.07) is 33.7. The maximum absolute atomic E-state index is 14.6. The minimum atomic E-state index is -3.97. The predicted octanol–water partition coefficient (Wildman–Crippen LogP) is 15.2. The van der Waals surface area contributed by atoms with Crippen LogP contribution in [-0.2, 0) is 55.8 Å². The maximum Gasteiger partial charge on any atom is 0.268 e. The van der Waals surface area contributed by atoms with E-state index < -0.39 is 36.2 Å². The lowest BCUT2D eigenvalue weighted by atomic mass is 9.94. The molecule has 0 bridgehead atoms. The number of aryl methyl sites for hydroxylation is 6. The van der Waals surface area contributed by atoms with Crippen molar-refractivity contribution in [1.29, 1.82) is 10.5 Å². The molecule has 4 aromatic heterocycles. The minimum absolute atomic E-state index is 0.0946. The second kappa shape index (κ2) is 25.8. The van der Waals surface area contributed by atoms with Gasteiger partial charge in [-0.25, -0.2) is 34.7 Å². The van der Waals surface area contributed by atoms with Crippen molar-refractivity contribution in [3.8, 4) is 12.1 Å². The van der Waals surface area contributed by atoms with Crippen molar-refractivity contribution in [3.05, 3.63) is 186 Å². The second-order valence-electron chi connectivity index (χ2n) is 24.5. The standard InChI is InChI=1S/2C33H35BrN4O4SSi/c1-7-24-16-22(3)31-30(26(34)19-38(31)43(40,41)25-11-8-21(2)9-12-25)29(24)32(39)33-36-27-17-23(18-35)10-13-28(27)37(33)20-42-14-15-44(4,5)6;1-7-24-16-22(3)31-30(26(34)19-38(31)43(40,41)25-11-8-21(2)9-12-25)29(24)32(39)33-36-27-13-10-23(18-35)17-28(27)37(33)20-42-14-15-44(4,5)6/h2*8-13,16-17,19H,7,14-15,20H2,1-6H3. The van der Waals surface area contributed by atoms with Crippen LogP contribution in [0.15, 0.2) is 128 Å². The summed E-state index contributed by atoms with van der Waals surface area (Å²) in [5.74, 6) is -0.351. The van der Waals surface area contributed by atoms with Crippen LogP contribution >= 0.6 is 31.9 Å². The molecule has 10 aromatic rings. The van der Waals surface area contributed by atoms with Gasteiger partial charge in [-0.3, -0.25) is 18.7 Å². The van der Waals surface area contributed by atoms with Crippen molar-refractivity contribution in [2.24, 2.45) is 0 Å². The van der Waals surface area contributed by atoms with Gasteiger partial charge in [0.15, 0.2) is 11.6 Å². The number of fused-ring (bicyclic) bond motifs is 4. The third-order valence-corrected chi connectivity index (χ3v) is 23.4. The molecule has 0 spiro atoms. The van der Waals surface area contributed by atoms with Gasteiger partial charge >= 0.3 is 0 Å². The van der Waals surface area contributed by atoms with Gasteiger partial charge in [0.25, 0.3) is 20.0 Å². The lowest BCUT2D eigenvalue weighted by molar-refractivity contribution is 0.0834. The number of aromatic nitrogens is 6. The fourth-order valence-corrected chi connectivity index (χ4v) is 16.5. The molecular formula is C66H70Br2N8O8S2Si2. The highest BCUT2D eigenvalue weighted by Gasteiger charge is 2.33. The molecule has 0 atom stereocenters. The fraction of sp³-hybridized carbons (Fsp3) is 0.303. The van der Waals surface area contributed by atoms with E-state index in [1.165, 1.54) is 20.3 Å². The molecule has 0 saturated carbocycles. The molecular weight excluding hydrogens is 1310 g/mol. The SMILES string of the molecule is CCc1cc(C)c2c(c(Br)cn2S(=O)(=O)c2ccc(C)cc2)c1C(=O)c1nc2cc(C#N)ccc2n1COCC[Si](C)(C)C.CCc1cc(C)c2c(c(Br)cn2S(=O)(=O)c2ccc(C)cc2)c1C(=O)c1nc2ccc(C#N)cc2n1COCC[Si](C)(C)C. The second-order valence-corrected chi connectivity index (χ2v) is 41.1. The summed E-state index contributed by atoms with van der Waals surface area (Å²) in [6.45, 7) is 26.4. The van der Waals surface area contributed by atoms with E-state index in [0.717, 1.165) is 45.5 Å².